The summed E-state index contributed by atoms with van der Waals surface area (Å²) in [6.07, 6.45) is 0.541. The van der Waals surface area contributed by atoms with Crippen LogP contribution in [0.25, 0.3) is 10.8 Å². The van der Waals surface area contributed by atoms with Gasteiger partial charge in [-0.2, -0.15) is 0 Å². The first-order chi connectivity index (χ1) is 16.8. The third-order valence-corrected chi connectivity index (χ3v) is 5.59. The summed E-state index contributed by atoms with van der Waals surface area (Å²) < 4.78 is 0. The molecule has 3 N–H and O–H groups in total. The highest BCUT2D eigenvalue weighted by molar-refractivity contribution is 6.25. The van der Waals surface area contributed by atoms with Gasteiger partial charge in [-0.3, -0.25) is 14.4 Å². The van der Waals surface area contributed by atoms with Crippen LogP contribution in [0.5, 0.6) is 0 Å². The number of hydrogen-bond donors (Lipinski definition) is 3. The lowest BCUT2D eigenvalue weighted by Crippen LogP contribution is -2.17. The molecule has 35 heavy (non-hydrogen) atoms. The third kappa shape index (κ3) is 4.79. The van der Waals surface area contributed by atoms with Gasteiger partial charge in [0.1, 0.15) is 0 Å². The molecule has 0 atom stereocenters. The topological polar surface area (TPSA) is 113 Å². The Bertz CT molecular complexity index is 1510. The number of aldehydes is 1. The molecule has 0 fully saturated rings. The molecule has 0 aliphatic rings. The number of hydrogen-bond acceptors (Lipinski definition) is 4. The second-order valence-electron chi connectivity index (χ2n) is 8.18. The summed E-state index contributed by atoms with van der Waals surface area (Å²) in [4.78, 5) is 50.4. The van der Waals surface area contributed by atoms with Crippen molar-refractivity contribution in [3.63, 3.8) is 0 Å². The molecule has 0 aliphatic carbocycles. The highest BCUT2D eigenvalue weighted by Gasteiger charge is 2.23. The number of carbonyl (C=O) groups excluding carboxylic acids is 3. The molecular weight excluding hydrogens is 444 g/mol. The summed E-state index contributed by atoms with van der Waals surface area (Å²) in [6, 6.07) is 19.8. The quantitative estimate of drug-likeness (QED) is 0.326. The summed E-state index contributed by atoms with van der Waals surface area (Å²) in [5.74, 6) is -2.37. The minimum absolute atomic E-state index is 0.0177. The second kappa shape index (κ2) is 9.61. The Morgan fingerprint density at radius 1 is 0.686 bits per heavy atom. The predicted octanol–water partition coefficient (Wildman–Crippen LogP) is 5.47. The zero-order valence-corrected chi connectivity index (χ0v) is 19.1. The predicted molar refractivity (Wildman–Crippen MR) is 135 cm³/mol. The molecule has 0 aromatic heterocycles. The average Bonchev–Trinajstić information content (AvgIpc) is 2.82. The normalized spacial score (nSPS) is 10.6. The summed E-state index contributed by atoms with van der Waals surface area (Å²) >= 11 is 0. The van der Waals surface area contributed by atoms with Crippen molar-refractivity contribution < 1.29 is 24.3 Å². The van der Waals surface area contributed by atoms with Gasteiger partial charge < -0.3 is 15.7 Å². The highest BCUT2D eigenvalue weighted by Crippen LogP contribution is 2.31. The summed E-state index contributed by atoms with van der Waals surface area (Å²) in [5.41, 5.74) is 2.99. The molecule has 4 aromatic rings. The molecule has 0 saturated heterocycles. The van der Waals surface area contributed by atoms with Gasteiger partial charge in [0.05, 0.1) is 5.56 Å². The Kier molecular flexibility index (Phi) is 6.42. The lowest BCUT2D eigenvalue weighted by Gasteiger charge is -2.15. The zero-order valence-electron chi connectivity index (χ0n) is 19.1. The molecule has 174 valence electrons. The first-order valence-corrected chi connectivity index (χ1v) is 10.8. The molecule has 2 amide bonds. The Labute approximate surface area is 201 Å². The van der Waals surface area contributed by atoms with Crippen LogP contribution in [-0.4, -0.2) is 29.2 Å². The van der Waals surface area contributed by atoms with E-state index in [0.717, 1.165) is 11.1 Å². The van der Waals surface area contributed by atoms with Crippen molar-refractivity contribution in [2.75, 3.05) is 10.6 Å². The van der Waals surface area contributed by atoms with Crippen molar-refractivity contribution >= 4 is 46.2 Å². The standard InChI is InChI=1S/C28H22N2O5/c1-16-5-3-7-19(13-16)29-26(32)21-11-12-23(28(34)35)25-22(10-9-18(15-31)24(21)25)27(33)30-20-8-4-6-17(2)14-20/h3-15H,1-2H3,(H,29,32)(H,30,33)(H,34,35). The van der Waals surface area contributed by atoms with E-state index in [1.54, 1.807) is 36.4 Å². The van der Waals surface area contributed by atoms with Crippen LogP contribution >= 0.6 is 0 Å². The number of benzene rings is 4. The van der Waals surface area contributed by atoms with Gasteiger partial charge in [0.2, 0.25) is 0 Å². The van der Waals surface area contributed by atoms with Crippen LogP contribution < -0.4 is 10.6 Å². The number of fused-ring (bicyclic) bond motifs is 1. The van der Waals surface area contributed by atoms with Crippen LogP contribution in [-0.2, 0) is 0 Å². The maximum absolute atomic E-state index is 13.2. The van der Waals surface area contributed by atoms with Crippen molar-refractivity contribution in [3.05, 3.63) is 106 Å². The van der Waals surface area contributed by atoms with E-state index in [1.165, 1.54) is 24.3 Å². The fraction of sp³-hybridized carbons (Fsp3) is 0.0714. The lowest BCUT2D eigenvalue weighted by molar-refractivity contribution is 0.0698. The maximum Gasteiger partial charge on any atom is 0.336 e. The number of aryl methyl sites for hydroxylation is 2. The molecule has 0 saturated carbocycles. The number of carbonyl (C=O) groups is 4. The number of carboxylic acid groups (broad SMARTS) is 1. The van der Waals surface area contributed by atoms with Crippen LogP contribution in [0.15, 0.2) is 72.8 Å². The molecule has 4 rings (SSSR count). The molecule has 7 heteroatoms. The van der Waals surface area contributed by atoms with Gasteiger partial charge in [-0.15, -0.1) is 0 Å². The second-order valence-corrected chi connectivity index (χ2v) is 8.18. The van der Waals surface area contributed by atoms with Gasteiger partial charge in [-0.05, 0) is 67.4 Å². The summed E-state index contributed by atoms with van der Waals surface area (Å²) in [5, 5.41) is 15.5. The van der Waals surface area contributed by atoms with Crippen LogP contribution in [0.3, 0.4) is 0 Å². The lowest BCUT2D eigenvalue weighted by atomic mass is 9.91. The van der Waals surface area contributed by atoms with Crippen molar-refractivity contribution in [1.82, 2.24) is 0 Å². The van der Waals surface area contributed by atoms with Crippen molar-refractivity contribution in [3.8, 4) is 0 Å². The molecule has 4 aromatic carbocycles. The fourth-order valence-corrected chi connectivity index (χ4v) is 4.02. The molecule has 0 radical (unpaired) electrons. The van der Waals surface area contributed by atoms with Crippen LogP contribution in [0.2, 0.25) is 0 Å². The fourth-order valence-electron chi connectivity index (χ4n) is 4.02. The van der Waals surface area contributed by atoms with Gasteiger partial charge in [0.25, 0.3) is 11.8 Å². The van der Waals surface area contributed by atoms with Crippen LogP contribution in [0.4, 0.5) is 11.4 Å². The van der Waals surface area contributed by atoms with E-state index in [0.29, 0.717) is 17.7 Å². The molecule has 0 unspecified atom stereocenters. The first-order valence-electron chi connectivity index (χ1n) is 10.8. The summed E-state index contributed by atoms with van der Waals surface area (Å²) in [7, 11) is 0. The van der Waals surface area contributed by atoms with Crippen LogP contribution in [0.1, 0.15) is 52.6 Å². The number of rotatable bonds is 6. The minimum atomic E-state index is -1.28. The Morgan fingerprint density at radius 2 is 1.17 bits per heavy atom. The van der Waals surface area contributed by atoms with Gasteiger partial charge in [0.15, 0.2) is 6.29 Å². The number of amides is 2. The third-order valence-electron chi connectivity index (χ3n) is 5.59. The average molecular weight is 466 g/mol. The number of nitrogens with one attached hydrogen (secondary N) is 2. The van der Waals surface area contributed by atoms with Crippen molar-refractivity contribution in [2.24, 2.45) is 0 Å². The molecule has 0 aliphatic heterocycles. The Hall–Kier alpha value is -4.78. The maximum atomic E-state index is 13.2. The highest BCUT2D eigenvalue weighted by atomic mass is 16.4. The Balaban J connectivity index is 1.89. The smallest absolute Gasteiger partial charge is 0.336 e. The van der Waals surface area contributed by atoms with Gasteiger partial charge in [0, 0.05) is 38.8 Å². The van der Waals surface area contributed by atoms with Gasteiger partial charge in [-0.25, -0.2) is 4.79 Å². The van der Waals surface area contributed by atoms with Gasteiger partial charge >= 0.3 is 5.97 Å². The number of anilines is 2. The van der Waals surface area contributed by atoms with Crippen molar-refractivity contribution in [2.45, 2.75) is 13.8 Å². The largest absolute Gasteiger partial charge is 0.478 e. The molecule has 7 nitrogen and oxygen atoms in total. The molecule has 0 bridgehead atoms. The molecule has 0 heterocycles. The van der Waals surface area contributed by atoms with E-state index in [9.17, 15) is 24.3 Å². The zero-order chi connectivity index (χ0) is 25.1. The Morgan fingerprint density at radius 3 is 1.66 bits per heavy atom. The molecule has 0 spiro atoms. The van der Waals surface area contributed by atoms with E-state index in [4.69, 9.17) is 0 Å². The minimum Gasteiger partial charge on any atom is -0.478 e. The first kappa shape index (κ1) is 23.4. The van der Waals surface area contributed by atoms with E-state index in [2.05, 4.69) is 10.6 Å². The van der Waals surface area contributed by atoms with Gasteiger partial charge in [-0.1, -0.05) is 30.3 Å². The molecular formula is C28H22N2O5. The monoisotopic (exact) mass is 466 g/mol. The van der Waals surface area contributed by atoms with Crippen LogP contribution in [0, 0.1) is 13.8 Å². The summed E-state index contributed by atoms with van der Waals surface area (Å²) in [6.45, 7) is 3.77. The van der Waals surface area contributed by atoms with E-state index in [-0.39, 0.29) is 33.0 Å². The van der Waals surface area contributed by atoms with E-state index >= 15 is 0 Å². The SMILES string of the molecule is Cc1cccc(NC(=O)c2ccc(C(=O)O)c3c(C(=O)Nc4cccc(C)c4)ccc(C=O)c23)c1. The van der Waals surface area contributed by atoms with Crippen molar-refractivity contribution in [1.29, 1.82) is 0 Å². The van der Waals surface area contributed by atoms with E-state index < -0.39 is 17.8 Å². The number of aromatic carboxylic acids is 1. The van der Waals surface area contributed by atoms with E-state index in [1.807, 2.05) is 26.0 Å². The number of carboxylic acids is 1.